The van der Waals surface area contributed by atoms with Crippen LogP contribution < -0.4 is 10.6 Å². The number of aromatic nitrogens is 4. The van der Waals surface area contributed by atoms with Crippen LogP contribution in [0.3, 0.4) is 0 Å². The highest BCUT2D eigenvalue weighted by atomic mass is 16.3. The molecule has 0 radical (unpaired) electrons. The van der Waals surface area contributed by atoms with Crippen molar-refractivity contribution in [3.8, 4) is 0 Å². The number of aliphatic hydroxyl groups is 1. The van der Waals surface area contributed by atoms with Gasteiger partial charge in [0, 0.05) is 55.3 Å². The Hall–Kier alpha value is -3.47. The molecule has 4 N–H and O–H groups in total. The van der Waals surface area contributed by atoms with Crippen LogP contribution in [-0.4, -0.2) is 87.8 Å². The standard InChI is InChI=1S/C27H37N9O/c1-18(2)19-11-26(34-31-15-19)33-25-7-6-23-24(32-25)10-20(14-30-23)21(12-28)13-29-8-5-9-36-16-22(17-36)27(37)35(3)4/h6-7,10-15,18,22,27-29,37H,5,8-9,16-17H2,1-4H3,(H,32,33,34)/b21-13+,28-12?. The molecule has 3 aromatic rings. The summed E-state index contributed by atoms with van der Waals surface area (Å²) in [5.41, 5.74) is 4.18. The number of likely N-dealkylation sites (tertiary alicyclic amines) is 1. The molecule has 1 unspecified atom stereocenters. The Morgan fingerprint density at radius 2 is 2.00 bits per heavy atom. The number of allylic oxidation sites excluding steroid dienone is 1. The average Bonchev–Trinajstić information content (AvgIpc) is 2.86. The van der Waals surface area contributed by atoms with E-state index in [0.717, 1.165) is 60.3 Å². The van der Waals surface area contributed by atoms with Gasteiger partial charge in [0.2, 0.25) is 0 Å². The average molecular weight is 504 g/mol. The zero-order valence-corrected chi connectivity index (χ0v) is 22.0. The second kappa shape index (κ2) is 12.2. The summed E-state index contributed by atoms with van der Waals surface area (Å²) in [5.74, 6) is 1.99. The summed E-state index contributed by atoms with van der Waals surface area (Å²) in [5, 5.41) is 32.8. The van der Waals surface area contributed by atoms with Crippen LogP contribution in [0, 0.1) is 11.3 Å². The van der Waals surface area contributed by atoms with Gasteiger partial charge in [-0.1, -0.05) is 13.8 Å². The number of fused-ring (bicyclic) bond motifs is 1. The minimum absolute atomic E-state index is 0.329. The highest BCUT2D eigenvalue weighted by Gasteiger charge is 2.32. The number of anilines is 2. The molecule has 3 aromatic heterocycles. The van der Waals surface area contributed by atoms with E-state index < -0.39 is 0 Å². The fourth-order valence-electron chi connectivity index (χ4n) is 4.32. The Kier molecular flexibility index (Phi) is 8.75. The quantitative estimate of drug-likeness (QED) is 0.168. The maximum absolute atomic E-state index is 10.1. The Morgan fingerprint density at radius 3 is 2.73 bits per heavy atom. The number of rotatable bonds is 12. The molecule has 10 nitrogen and oxygen atoms in total. The van der Waals surface area contributed by atoms with E-state index in [2.05, 4.69) is 44.6 Å². The smallest absolute Gasteiger partial charge is 0.154 e. The van der Waals surface area contributed by atoms with Crippen LogP contribution in [0.2, 0.25) is 0 Å². The number of hydrogen-bond donors (Lipinski definition) is 4. The van der Waals surface area contributed by atoms with E-state index >= 15 is 0 Å². The van der Waals surface area contributed by atoms with Gasteiger partial charge in [0.1, 0.15) is 12.0 Å². The Bertz CT molecular complexity index is 1240. The van der Waals surface area contributed by atoms with E-state index in [4.69, 9.17) is 10.4 Å². The van der Waals surface area contributed by atoms with E-state index in [1.165, 1.54) is 6.21 Å². The lowest BCUT2D eigenvalue weighted by Crippen LogP contribution is -2.55. The topological polar surface area (TPSA) is 126 Å². The summed E-state index contributed by atoms with van der Waals surface area (Å²) in [6.45, 7) is 7.89. The second-order valence-electron chi connectivity index (χ2n) is 10.1. The fraction of sp³-hybridized carbons (Fsp3) is 0.444. The summed E-state index contributed by atoms with van der Waals surface area (Å²) >= 11 is 0. The lowest BCUT2D eigenvalue weighted by molar-refractivity contribution is -0.0730. The Morgan fingerprint density at radius 1 is 1.19 bits per heavy atom. The maximum atomic E-state index is 10.1. The zero-order chi connectivity index (χ0) is 26.4. The van der Waals surface area contributed by atoms with Crippen molar-refractivity contribution in [2.75, 3.05) is 45.6 Å². The Labute approximate surface area is 218 Å². The number of nitrogens with zero attached hydrogens (tertiary/aromatic N) is 6. The molecule has 0 amide bonds. The fourth-order valence-corrected chi connectivity index (χ4v) is 4.32. The van der Waals surface area contributed by atoms with Gasteiger partial charge in [0.25, 0.3) is 0 Å². The van der Waals surface area contributed by atoms with Crippen LogP contribution in [0.4, 0.5) is 11.6 Å². The van der Waals surface area contributed by atoms with Gasteiger partial charge in [-0.15, -0.1) is 5.10 Å². The molecule has 10 heteroatoms. The minimum atomic E-state index is -0.367. The van der Waals surface area contributed by atoms with Gasteiger partial charge in [0.05, 0.1) is 17.2 Å². The molecule has 1 fully saturated rings. The first-order chi connectivity index (χ1) is 17.8. The van der Waals surface area contributed by atoms with Crippen LogP contribution in [0.1, 0.15) is 37.3 Å². The van der Waals surface area contributed by atoms with Crippen LogP contribution in [0.5, 0.6) is 0 Å². The van der Waals surface area contributed by atoms with Gasteiger partial charge in [-0.25, -0.2) is 4.98 Å². The van der Waals surface area contributed by atoms with E-state index in [1.807, 2.05) is 49.5 Å². The predicted molar refractivity (Wildman–Crippen MR) is 148 cm³/mol. The lowest BCUT2D eigenvalue weighted by atomic mass is 9.97. The molecule has 0 aliphatic carbocycles. The summed E-state index contributed by atoms with van der Waals surface area (Å²) in [6.07, 6.45) is 7.35. The predicted octanol–water partition coefficient (Wildman–Crippen LogP) is 3.07. The van der Waals surface area contributed by atoms with Crippen LogP contribution in [0.15, 0.2) is 42.9 Å². The van der Waals surface area contributed by atoms with Crippen molar-refractivity contribution < 1.29 is 5.11 Å². The molecule has 4 rings (SSSR count). The monoisotopic (exact) mass is 503 g/mol. The van der Waals surface area contributed by atoms with Gasteiger partial charge >= 0.3 is 0 Å². The van der Waals surface area contributed by atoms with Crippen LogP contribution in [0.25, 0.3) is 16.6 Å². The van der Waals surface area contributed by atoms with Crippen LogP contribution in [-0.2, 0) is 0 Å². The lowest BCUT2D eigenvalue weighted by Gasteiger charge is -2.43. The molecule has 1 saturated heterocycles. The molecule has 37 heavy (non-hydrogen) atoms. The number of aliphatic hydroxyl groups excluding tert-OH is 1. The van der Waals surface area contributed by atoms with E-state index in [0.29, 0.717) is 23.5 Å². The molecular weight excluding hydrogens is 466 g/mol. The van der Waals surface area contributed by atoms with Gasteiger partial charge in [0.15, 0.2) is 5.82 Å². The molecule has 1 aliphatic heterocycles. The first kappa shape index (κ1) is 26.6. The third-order valence-electron chi connectivity index (χ3n) is 6.61. The number of hydrogen-bond acceptors (Lipinski definition) is 10. The third-order valence-corrected chi connectivity index (χ3v) is 6.61. The molecule has 1 atom stereocenters. The Balaban J connectivity index is 1.34. The van der Waals surface area contributed by atoms with Crippen LogP contribution >= 0.6 is 0 Å². The summed E-state index contributed by atoms with van der Waals surface area (Å²) in [4.78, 5) is 13.5. The van der Waals surface area contributed by atoms with Gasteiger partial charge in [-0.05, 0) is 62.8 Å². The van der Waals surface area contributed by atoms with Crippen molar-refractivity contribution in [3.05, 3.63) is 54.0 Å². The van der Waals surface area contributed by atoms with Crippen molar-refractivity contribution in [1.82, 2.24) is 35.3 Å². The first-order valence-electron chi connectivity index (χ1n) is 12.7. The summed E-state index contributed by atoms with van der Waals surface area (Å²) in [7, 11) is 3.81. The molecule has 4 heterocycles. The highest BCUT2D eigenvalue weighted by molar-refractivity contribution is 6.08. The molecule has 196 valence electrons. The van der Waals surface area contributed by atoms with Crippen molar-refractivity contribution in [2.45, 2.75) is 32.4 Å². The third kappa shape index (κ3) is 6.85. The molecule has 1 aliphatic rings. The first-order valence-corrected chi connectivity index (χ1v) is 12.7. The maximum Gasteiger partial charge on any atom is 0.154 e. The normalized spacial score (nSPS) is 15.7. The van der Waals surface area contributed by atoms with Crippen molar-refractivity contribution in [2.24, 2.45) is 5.92 Å². The van der Waals surface area contributed by atoms with E-state index in [-0.39, 0.29) is 6.23 Å². The van der Waals surface area contributed by atoms with Gasteiger partial charge in [-0.2, -0.15) is 5.10 Å². The van der Waals surface area contributed by atoms with Crippen molar-refractivity contribution in [3.63, 3.8) is 0 Å². The molecule has 0 bridgehead atoms. The summed E-state index contributed by atoms with van der Waals surface area (Å²) in [6, 6.07) is 7.71. The molecule has 0 saturated carbocycles. The van der Waals surface area contributed by atoms with E-state index in [1.54, 1.807) is 12.4 Å². The zero-order valence-electron chi connectivity index (χ0n) is 22.0. The largest absolute Gasteiger partial charge is 0.390 e. The second-order valence-corrected chi connectivity index (χ2v) is 10.1. The van der Waals surface area contributed by atoms with E-state index in [9.17, 15) is 5.11 Å². The molecule has 0 aromatic carbocycles. The van der Waals surface area contributed by atoms with Crippen molar-refractivity contribution >= 4 is 34.5 Å². The minimum Gasteiger partial charge on any atom is -0.390 e. The number of pyridine rings is 2. The van der Waals surface area contributed by atoms with Gasteiger partial charge < -0.3 is 26.0 Å². The SMILES string of the molecule is CC(C)c1cnnc(Nc2ccc3ncc(/C(C=N)=C/NCCCN4CC(C(O)N(C)C)C4)cc3n2)c1. The summed E-state index contributed by atoms with van der Waals surface area (Å²) < 4.78 is 0. The molecular formula is C27H37N9O. The number of nitrogens with one attached hydrogen (secondary N) is 3. The highest BCUT2D eigenvalue weighted by Crippen LogP contribution is 2.22. The molecule has 0 spiro atoms. The van der Waals surface area contributed by atoms with Gasteiger partial charge in [-0.3, -0.25) is 9.88 Å². The van der Waals surface area contributed by atoms with Crippen molar-refractivity contribution in [1.29, 1.82) is 5.41 Å².